The average Bonchev–Trinajstić information content (AvgIpc) is 2.61. The highest BCUT2D eigenvalue weighted by Crippen LogP contribution is 2.12. The normalized spacial score (nSPS) is 11.3. The summed E-state index contributed by atoms with van der Waals surface area (Å²) in [5.74, 6) is -0.772. The second-order valence-electron chi connectivity index (χ2n) is 5.23. The molecular formula is C17H19FN2O4S. The molecule has 0 saturated carbocycles. The fraction of sp³-hybridized carbons (Fsp3) is 0.235. The van der Waals surface area contributed by atoms with Crippen molar-refractivity contribution in [3.8, 4) is 0 Å². The standard InChI is InChI=1S/C17H19FN2O4S/c1-24-10-9-19-17(21)14-3-2-4-16(11-14)25(22,23)20-12-13-5-7-15(18)8-6-13/h2-8,11,20H,9-10,12H2,1H3,(H,19,21). The van der Waals surface area contributed by atoms with Crippen LogP contribution in [0.5, 0.6) is 0 Å². The Morgan fingerprint density at radius 1 is 1.16 bits per heavy atom. The summed E-state index contributed by atoms with van der Waals surface area (Å²) in [7, 11) is -2.28. The van der Waals surface area contributed by atoms with Gasteiger partial charge in [-0.2, -0.15) is 0 Å². The zero-order valence-corrected chi connectivity index (χ0v) is 14.5. The maximum atomic E-state index is 12.9. The van der Waals surface area contributed by atoms with E-state index in [1.165, 1.54) is 55.6 Å². The summed E-state index contributed by atoms with van der Waals surface area (Å²) in [6, 6.07) is 11.2. The van der Waals surface area contributed by atoms with Gasteiger partial charge in [0.1, 0.15) is 5.82 Å². The molecular weight excluding hydrogens is 347 g/mol. The number of hydrogen-bond acceptors (Lipinski definition) is 4. The topological polar surface area (TPSA) is 84.5 Å². The lowest BCUT2D eigenvalue weighted by Gasteiger charge is -2.09. The smallest absolute Gasteiger partial charge is 0.251 e. The van der Waals surface area contributed by atoms with Crippen molar-refractivity contribution in [2.75, 3.05) is 20.3 Å². The minimum absolute atomic E-state index is 0.0194. The molecule has 2 aromatic rings. The number of carbonyl (C=O) groups excluding carboxylic acids is 1. The van der Waals surface area contributed by atoms with Gasteiger partial charge in [0, 0.05) is 25.8 Å². The van der Waals surface area contributed by atoms with Crippen molar-refractivity contribution in [3.63, 3.8) is 0 Å². The van der Waals surface area contributed by atoms with E-state index < -0.39 is 15.8 Å². The summed E-state index contributed by atoms with van der Waals surface area (Å²) in [5, 5.41) is 2.63. The number of benzene rings is 2. The SMILES string of the molecule is COCCNC(=O)c1cccc(S(=O)(=O)NCc2ccc(F)cc2)c1. The zero-order valence-electron chi connectivity index (χ0n) is 13.7. The lowest BCUT2D eigenvalue weighted by Crippen LogP contribution is -2.27. The minimum atomic E-state index is -3.80. The first-order valence-corrected chi connectivity index (χ1v) is 9.02. The van der Waals surface area contributed by atoms with Crippen LogP contribution >= 0.6 is 0 Å². The Morgan fingerprint density at radius 3 is 2.56 bits per heavy atom. The van der Waals surface area contributed by atoms with E-state index in [9.17, 15) is 17.6 Å². The van der Waals surface area contributed by atoms with Gasteiger partial charge in [0.25, 0.3) is 5.91 Å². The molecule has 134 valence electrons. The monoisotopic (exact) mass is 366 g/mol. The molecule has 0 unspecified atom stereocenters. The van der Waals surface area contributed by atoms with Crippen LogP contribution in [0.1, 0.15) is 15.9 Å². The fourth-order valence-electron chi connectivity index (χ4n) is 2.04. The number of halogens is 1. The summed E-state index contributed by atoms with van der Waals surface area (Å²) in [5.41, 5.74) is 0.860. The fourth-order valence-corrected chi connectivity index (χ4v) is 3.10. The summed E-state index contributed by atoms with van der Waals surface area (Å²) >= 11 is 0. The molecule has 0 atom stereocenters. The number of amides is 1. The summed E-state index contributed by atoms with van der Waals surface area (Å²) < 4.78 is 44.9. The summed E-state index contributed by atoms with van der Waals surface area (Å²) in [4.78, 5) is 12.0. The van der Waals surface area contributed by atoms with Crippen LogP contribution in [0.3, 0.4) is 0 Å². The molecule has 0 bridgehead atoms. The lowest BCUT2D eigenvalue weighted by molar-refractivity contribution is 0.0937. The molecule has 0 saturated heterocycles. The number of nitrogens with one attached hydrogen (secondary N) is 2. The van der Waals surface area contributed by atoms with E-state index in [-0.39, 0.29) is 22.9 Å². The van der Waals surface area contributed by atoms with E-state index in [1.807, 2.05) is 0 Å². The Balaban J connectivity index is 2.07. The maximum Gasteiger partial charge on any atom is 0.251 e. The molecule has 1 amide bonds. The van der Waals surface area contributed by atoms with Crippen molar-refractivity contribution in [2.24, 2.45) is 0 Å². The van der Waals surface area contributed by atoms with Crippen LogP contribution in [0.2, 0.25) is 0 Å². The van der Waals surface area contributed by atoms with Gasteiger partial charge in [0.05, 0.1) is 11.5 Å². The van der Waals surface area contributed by atoms with Crippen molar-refractivity contribution < 1.29 is 22.3 Å². The predicted octanol–water partition coefficient (Wildman–Crippen LogP) is 1.68. The Hall–Kier alpha value is -2.29. The van der Waals surface area contributed by atoms with Gasteiger partial charge in [-0.1, -0.05) is 18.2 Å². The van der Waals surface area contributed by atoms with E-state index in [4.69, 9.17) is 4.74 Å². The highest BCUT2D eigenvalue weighted by Gasteiger charge is 2.16. The summed E-state index contributed by atoms with van der Waals surface area (Å²) in [6.07, 6.45) is 0. The largest absolute Gasteiger partial charge is 0.383 e. The van der Waals surface area contributed by atoms with Crippen molar-refractivity contribution >= 4 is 15.9 Å². The number of rotatable bonds is 8. The molecule has 0 radical (unpaired) electrons. The molecule has 0 aliphatic carbocycles. The van der Waals surface area contributed by atoms with Gasteiger partial charge < -0.3 is 10.1 Å². The van der Waals surface area contributed by atoms with E-state index >= 15 is 0 Å². The van der Waals surface area contributed by atoms with Crippen LogP contribution in [0.25, 0.3) is 0 Å². The van der Waals surface area contributed by atoms with E-state index in [1.54, 1.807) is 0 Å². The molecule has 0 heterocycles. The van der Waals surface area contributed by atoms with Gasteiger partial charge in [-0.3, -0.25) is 4.79 Å². The molecule has 0 aliphatic heterocycles. The van der Waals surface area contributed by atoms with Crippen molar-refractivity contribution in [2.45, 2.75) is 11.4 Å². The van der Waals surface area contributed by atoms with Crippen molar-refractivity contribution in [1.82, 2.24) is 10.0 Å². The minimum Gasteiger partial charge on any atom is -0.383 e. The zero-order chi connectivity index (χ0) is 18.3. The van der Waals surface area contributed by atoms with Crippen LogP contribution in [0.15, 0.2) is 53.4 Å². The van der Waals surface area contributed by atoms with Crippen LogP contribution in [-0.2, 0) is 21.3 Å². The van der Waals surface area contributed by atoms with Crippen molar-refractivity contribution in [3.05, 3.63) is 65.5 Å². The van der Waals surface area contributed by atoms with Crippen LogP contribution < -0.4 is 10.0 Å². The second kappa shape index (κ2) is 8.70. The van der Waals surface area contributed by atoms with Gasteiger partial charge in [0.15, 0.2) is 0 Å². The third-order valence-electron chi connectivity index (χ3n) is 3.38. The van der Waals surface area contributed by atoms with Crippen LogP contribution in [0, 0.1) is 5.82 Å². The van der Waals surface area contributed by atoms with Gasteiger partial charge >= 0.3 is 0 Å². The number of hydrogen-bond donors (Lipinski definition) is 2. The molecule has 0 spiro atoms. The molecule has 25 heavy (non-hydrogen) atoms. The number of sulfonamides is 1. The highest BCUT2D eigenvalue weighted by atomic mass is 32.2. The molecule has 2 aromatic carbocycles. The Kier molecular flexibility index (Phi) is 6.63. The Morgan fingerprint density at radius 2 is 1.88 bits per heavy atom. The third kappa shape index (κ3) is 5.63. The number of carbonyl (C=O) groups is 1. The number of ether oxygens (including phenoxy) is 1. The second-order valence-corrected chi connectivity index (χ2v) is 6.99. The van der Waals surface area contributed by atoms with Crippen LogP contribution in [-0.4, -0.2) is 34.6 Å². The first-order valence-electron chi connectivity index (χ1n) is 7.54. The quantitative estimate of drug-likeness (QED) is 0.696. The molecule has 8 heteroatoms. The first kappa shape index (κ1) is 19.0. The molecule has 2 N–H and O–H groups in total. The van der Waals surface area contributed by atoms with Gasteiger partial charge in [-0.25, -0.2) is 17.5 Å². The molecule has 6 nitrogen and oxygen atoms in total. The first-order chi connectivity index (χ1) is 11.9. The molecule has 0 aromatic heterocycles. The van der Waals surface area contributed by atoms with Gasteiger partial charge in [-0.15, -0.1) is 0 Å². The van der Waals surface area contributed by atoms with Crippen LogP contribution in [0.4, 0.5) is 4.39 Å². The van der Waals surface area contributed by atoms with Crippen molar-refractivity contribution in [1.29, 1.82) is 0 Å². The van der Waals surface area contributed by atoms with Gasteiger partial charge in [0.2, 0.25) is 10.0 Å². The number of methoxy groups -OCH3 is 1. The average molecular weight is 366 g/mol. The summed E-state index contributed by atoms with van der Waals surface area (Å²) in [6.45, 7) is 0.713. The highest BCUT2D eigenvalue weighted by molar-refractivity contribution is 7.89. The predicted molar refractivity (Wildman–Crippen MR) is 91.1 cm³/mol. The Labute approximate surface area is 146 Å². The van der Waals surface area contributed by atoms with E-state index in [0.717, 1.165) is 0 Å². The third-order valence-corrected chi connectivity index (χ3v) is 4.78. The maximum absolute atomic E-state index is 12.9. The molecule has 2 rings (SSSR count). The molecule has 0 aliphatic rings. The van der Waals surface area contributed by atoms with E-state index in [2.05, 4.69) is 10.0 Å². The Bertz CT molecular complexity index is 823. The lowest BCUT2D eigenvalue weighted by atomic mass is 10.2. The van der Waals surface area contributed by atoms with E-state index in [0.29, 0.717) is 18.7 Å². The van der Waals surface area contributed by atoms with Gasteiger partial charge in [-0.05, 0) is 35.9 Å². The molecule has 0 fully saturated rings.